The number of fused-ring (bicyclic) bond motifs is 1. The molecule has 0 saturated heterocycles. The van der Waals surface area contributed by atoms with Crippen molar-refractivity contribution in [2.24, 2.45) is 0 Å². The maximum atomic E-state index is 11.4. The molecule has 1 atom stereocenters. The monoisotopic (exact) mass is 259 g/mol. The molecule has 1 heterocycles. The number of nitrogens with zero attached hydrogens (tertiary/aromatic N) is 1. The number of methoxy groups -OCH3 is 1. The lowest BCUT2D eigenvalue weighted by molar-refractivity contribution is -0.141. The summed E-state index contributed by atoms with van der Waals surface area (Å²) in [4.78, 5) is 22.7. The first-order valence-electron chi connectivity index (χ1n) is 5.78. The Morgan fingerprint density at radius 2 is 2.37 bits per heavy atom. The Morgan fingerprint density at radius 3 is 3.05 bits per heavy atom. The van der Waals surface area contributed by atoms with Crippen molar-refractivity contribution in [2.75, 3.05) is 17.7 Å². The topological polar surface area (TPSA) is 91.2 Å². The maximum Gasteiger partial charge on any atom is 0.328 e. The number of amides is 1. The summed E-state index contributed by atoms with van der Waals surface area (Å²) in [7, 11) is 1.35. The molecule has 6 nitrogen and oxygen atoms in total. The van der Waals surface area contributed by atoms with E-state index < -0.39 is 0 Å². The van der Waals surface area contributed by atoms with Crippen molar-refractivity contribution in [3.8, 4) is 6.07 Å². The summed E-state index contributed by atoms with van der Waals surface area (Å²) in [5.74, 6) is -0.670. The van der Waals surface area contributed by atoms with E-state index in [2.05, 4.69) is 15.4 Å². The fourth-order valence-corrected chi connectivity index (χ4v) is 1.99. The summed E-state index contributed by atoms with van der Waals surface area (Å²) in [5.41, 5.74) is 2.39. The van der Waals surface area contributed by atoms with E-state index in [9.17, 15) is 9.59 Å². The normalized spacial score (nSPS) is 15.9. The van der Waals surface area contributed by atoms with E-state index in [1.54, 1.807) is 18.2 Å². The molecular formula is C13H13N3O3. The van der Waals surface area contributed by atoms with Gasteiger partial charge >= 0.3 is 5.97 Å². The van der Waals surface area contributed by atoms with E-state index in [1.807, 2.05) is 6.07 Å². The molecular weight excluding hydrogens is 246 g/mol. The summed E-state index contributed by atoms with van der Waals surface area (Å²) < 4.78 is 4.68. The molecule has 0 radical (unpaired) electrons. The van der Waals surface area contributed by atoms with Gasteiger partial charge in [-0.05, 0) is 17.7 Å². The second-order valence-corrected chi connectivity index (χ2v) is 4.18. The average molecular weight is 259 g/mol. The second-order valence-electron chi connectivity index (χ2n) is 4.18. The van der Waals surface area contributed by atoms with Gasteiger partial charge in [-0.3, -0.25) is 4.79 Å². The second kappa shape index (κ2) is 5.40. The maximum absolute atomic E-state index is 11.4. The van der Waals surface area contributed by atoms with Gasteiger partial charge in [0.2, 0.25) is 5.91 Å². The molecule has 2 N–H and O–H groups in total. The largest absolute Gasteiger partial charge is 0.467 e. The van der Waals surface area contributed by atoms with Crippen molar-refractivity contribution < 1.29 is 14.3 Å². The lowest BCUT2D eigenvalue weighted by atomic mass is 10.1. The molecule has 0 saturated carbocycles. The number of benzene rings is 1. The number of rotatable bonds is 3. The average Bonchev–Trinajstić information content (AvgIpc) is 2.81. The van der Waals surface area contributed by atoms with Crippen LogP contribution in [0.4, 0.5) is 11.4 Å². The zero-order valence-electron chi connectivity index (χ0n) is 10.4. The SMILES string of the molecule is COC(=O)C1Cc2ccc(NC(=O)CC#N)cc2N1. The number of nitriles is 1. The molecule has 19 heavy (non-hydrogen) atoms. The van der Waals surface area contributed by atoms with E-state index in [0.29, 0.717) is 12.1 Å². The molecule has 6 heteroatoms. The molecule has 1 aliphatic rings. The molecule has 2 rings (SSSR count). The fraction of sp³-hybridized carbons (Fsp3) is 0.308. The molecule has 1 aliphatic heterocycles. The van der Waals surface area contributed by atoms with Gasteiger partial charge in [0, 0.05) is 17.8 Å². The Morgan fingerprint density at radius 1 is 1.58 bits per heavy atom. The van der Waals surface area contributed by atoms with Crippen LogP contribution in [0.1, 0.15) is 12.0 Å². The molecule has 0 bridgehead atoms. The minimum atomic E-state index is -0.384. The summed E-state index contributed by atoms with van der Waals surface area (Å²) in [5, 5.41) is 14.1. The number of carbonyl (C=O) groups is 2. The van der Waals surface area contributed by atoms with Crippen LogP contribution in [0, 0.1) is 11.3 Å². The Kier molecular flexibility index (Phi) is 3.66. The first-order chi connectivity index (χ1) is 9.13. The van der Waals surface area contributed by atoms with Crippen LogP contribution in [0.25, 0.3) is 0 Å². The number of esters is 1. The van der Waals surface area contributed by atoms with Gasteiger partial charge in [0.15, 0.2) is 0 Å². The highest BCUT2D eigenvalue weighted by molar-refractivity contribution is 5.93. The molecule has 0 aromatic heterocycles. The molecule has 0 fully saturated rings. The van der Waals surface area contributed by atoms with Crippen molar-refractivity contribution in [3.63, 3.8) is 0 Å². The highest BCUT2D eigenvalue weighted by atomic mass is 16.5. The van der Waals surface area contributed by atoms with Gasteiger partial charge < -0.3 is 15.4 Å². The minimum Gasteiger partial charge on any atom is -0.467 e. The molecule has 0 spiro atoms. The van der Waals surface area contributed by atoms with Crippen LogP contribution in [0.5, 0.6) is 0 Å². The highest BCUT2D eigenvalue weighted by Gasteiger charge is 2.27. The lowest BCUT2D eigenvalue weighted by Crippen LogP contribution is -2.27. The number of carbonyl (C=O) groups excluding carboxylic acids is 2. The molecule has 1 aromatic rings. The van der Waals surface area contributed by atoms with Crippen LogP contribution in [-0.2, 0) is 20.7 Å². The number of nitrogens with one attached hydrogen (secondary N) is 2. The first kappa shape index (κ1) is 12.9. The third-order valence-electron chi connectivity index (χ3n) is 2.87. The molecule has 1 aromatic carbocycles. The Labute approximate surface area is 110 Å². The number of ether oxygens (including phenoxy) is 1. The van der Waals surface area contributed by atoms with Crippen LogP contribution in [-0.4, -0.2) is 25.0 Å². The van der Waals surface area contributed by atoms with Crippen LogP contribution < -0.4 is 10.6 Å². The highest BCUT2D eigenvalue weighted by Crippen LogP contribution is 2.29. The van der Waals surface area contributed by atoms with Gasteiger partial charge in [0.05, 0.1) is 13.2 Å². The summed E-state index contributed by atoms with van der Waals surface area (Å²) in [6, 6.07) is 6.73. The molecule has 1 unspecified atom stereocenters. The Bertz CT molecular complexity index is 563. The summed E-state index contributed by atoms with van der Waals surface area (Å²) >= 11 is 0. The number of anilines is 2. The third-order valence-corrected chi connectivity index (χ3v) is 2.87. The predicted octanol–water partition coefficient (Wildman–Crippen LogP) is 1.05. The van der Waals surface area contributed by atoms with Gasteiger partial charge in [0.25, 0.3) is 0 Å². The van der Waals surface area contributed by atoms with Gasteiger partial charge in [-0.25, -0.2) is 4.79 Å². The standard InChI is InChI=1S/C13H13N3O3/c1-19-13(18)11-6-8-2-3-9(7-10(8)16-11)15-12(17)4-5-14/h2-3,7,11,16H,4,6H2,1H3,(H,15,17). The lowest BCUT2D eigenvalue weighted by Gasteiger charge is -2.08. The van der Waals surface area contributed by atoms with Crippen molar-refractivity contribution in [3.05, 3.63) is 23.8 Å². The van der Waals surface area contributed by atoms with Crippen LogP contribution in [0.2, 0.25) is 0 Å². The fourth-order valence-electron chi connectivity index (χ4n) is 1.99. The van der Waals surface area contributed by atoms with Crippen molar-refractivity contribution in [1.82, 2.24) is 0 Å². The van der Waals surface area contributed by atoms with Gasteiger partial charge in [-0.1, -0.05) is 6.07 Å². The summed E-state index contributed by atoms with van der Waals surface area (Å²) in [6.45, 7) is 0. The molecule has 0 aliphatic carbocycles. The van der Waals surface area contributed by atoms with Gasteiger partial charge in [-0.15, -0.1) is 0 Å². The number of hydrogen-bond donors (Lipinski definition) is 2. The third kappa shape index (κ3) is 2.83. The Balaban J connectivity index is 2.09. The zero-order valence-corrected chi connectivity index (χ0v) is 10.4. The zero-order chi connectivity index (χ0) is 13.8. The van der Waals surface area contributed by atoms with Crippen LogP contribution in [0.15, 0.2) is 18.2 Å². The molecule has 1 amide bonds. The van der Waals surface area contributed by atoms with Crippen molar-refractivity contribution in [1.29, 1.82) is 5.26 Å². The van der Waals surface area contributed by atoms with E-state index >= 15 is 0 Å². The van der Waals surface area contributed by atoms with Gasteiger partial charge in [-0.2, -0.15) is 5.26 Å². The first-order valence-corrected chi connectivity index (χ1v) is 5.78. The van der Waals surface area contributed by atoms with E-state index in [-0.39, 0.29) is 24.3 Å². The van der Waals surface area contributed by atoms with Gasteiger partial charge in [0.1, 0.15) is 12.5 Å². The van der Waals surface area contributed by atoms with E-state index in [4.69, 9.17) is 5.26 Å². The molecule has 98 valence electrons. The van der Waals surface area contributed by atoms with E-state index in [0.717, 1.165) is 11.3 Å². The smallest absolute Gasteiger partial charge is 0.328 e. The van der Waals surface area contributed by atoms with E-state index in [1.165, 1.54) is 7.11 Å². The van der Waals surface area contributed by atoms with Crippen molar-refractivity contribution >= 4 is 23.3 Å². The van der Waals surface area contributed by atoms with Crippen molar-refractivity contribution in [2.45, 2.75) is 18.9 Å². The van der Waals surface area contributed by atoms with Crippen LogP contribution in [0.3, 0.4) is 0 Å². The van der Waals surface area contributed by atoms with Crippen LogP contribution >= 0.6 is 0 Å². The quantitative estimate of drug-likeness (QED) is 0.792. The minimum absolute atomic E-state index is 0.185. The number of hydrogen-bond acceptors (Lipinski definition) is 5. The predicted molar refractivity (Wildman–Crippen MR) is 68.4 cm³/mol. The summed E-state index contributed by atoms with van der Waals surface area (Å²) in [6.07, 6.45) is 0.379. The Hall–Kier alpha value is -2.55.